The summed E-state index contributed by atoms with van der Waals surface area (Å²) in [5.41, 5.74) is 2.40. The van der Waals surface area contributed by atoms with Crippen molar-refractivity contribution in [2.45, 2.75) is 33.1 Å². The van der Waals surface area contributed by atoms with Gasteiger partial charge in [0.1, 0.15) is 5.75 Å². The van der Waals surface area contributed by atoms with Crippen LogP contribution in [0.1, 0.15) is 30.9 Å². The standard InChI is InChI=1S/C17H19O3P/c1-3-4-6-14-7-5-8-16-17(14)20-21(19-16)18-15-11-9-13(2)10-12-15/h5,7-12H,3-4,6H2,1-2H3. The Morgan fingerprint density at radius 1 is 1.05 bits per heavy atom. The Hall–Kier alpha value is -1.73. The van der Waals surface area contributed by atoms with Gasteiger partial charge in [-0.15, -0.1) is 0 Å². The normalized spacial score (nSPS) is 16.0. The first kappa shape index (κ1) is 14.2. The number of hydrogen-bond donors (Lipinski definition) is 0. The van der Waals surface area contributed by atoms with Crippen molar-refractivity contribution >= 4 is 8.60 Å². The summed E-state index contributed by atoms with van der Waals surface area (Å²) >= 11 is 0. The molecule has 0 saturated heterocycles. The van der Waals surface area contributed by atoms with E-state index in [4.69, 9.17) is 13.6 Å². The van der Waals surface area contributed by atoms with Crippen molar-refractivity contribution < 1.29 is 13.6 Å². The Morgan fingerprint density at radius 3 is 2.62 bits per heavy atom. The molecule has 0 fully saturated rings. The van der Waals surface area contributed by atoms with Gasteiger partial charge in [-0.25, -0.2) is 0 Å². The molecule has 21 heavy (non-hydrogen) atoms. The summed E-state index contributed by atoms with van der Waals surface area (Å²) in [6.45, 7) is 4.24. The van der Waals surface area contributed by atoms with Gasteiger partial charge in [-0.1, -0.05) is 43.2 Å². The van der Waals surface area contributed by atoms with Crippen LogP contribution >= 0.6 is 8.60 Å². The number of unbranched alkanes of at least 4 members (excludes halogenated alkanes) is 1. The Bertz CT molecular complexity index is 610. The number of fused-ring (bicyclic) bond motifs is 1. The van der Waals surface area contributed by atoms with Crippen molar-refractivity contribution in [3.8, 4) is 17.2 Å². The Kier molecular flexibility index (Phi) is 4.31. The van der Waals surface area contributed by atoms with Gasteiger partial charge in [-0.2, -0.15) is 0 Å². The average molecular weight is 302 g/mol. The molecule has 0 radical (unpaired) electrons. The lowest BCUT2D eigenvalue weighted by molar-refractivity contribution is 0.434. The lowest BCUT2D eigenvalue weighted by atomic mass is 10.1. The highest BCUT2D eigenvalue weighted by Crippen LogP contribution is 2.54. The van der Waals surface area contributed by atoms with Gasteiger partial charge >= 0.3 is 8.60 Å². The molecule has 0 N–H and O–H groups in total. The zero-order chi connectivity index (χ0) is 14.7. The minimum Gasteiger partial charge on any atom is -0.409 e. The molecule has 3 nitrogen and oxygen atoms in total. The summed E-state index contributed by atoms with van der Waals surface area (Å²) in [7, 11) is -1.39. The molecule has 1 aliphatic heterocycles. The van der Waals surface area contributed by atoms with Gasteiger partial charge in [0, 0.05) is 0 Å². The van der Waals surface area contributed by atoms with Crippen LogP contribution in [0, 0.1) is 6.92 Å². The molecule has 1 aliphatic rings. The largest absolute Gasteiger partial charge is 0.530 e. The highest BCUT2D eigenvalue weighted by Gasteiger charge is 2.31. The van der Waals surface area contributed by atoms with E-state index in [1.807, 2.05) is 43.3 Å². The smallest absolute Gasteiger partial charge is 0.409 e. The van der Waals surface area contributed by atoms with E-state index in [1.165, 1.54) is 17.5 Å². The van der Waals surface area contributed by atoms with Crippen molar-refractivity contribution in [1.82, 2.24) is 0 Å². The van der Waals surface area contributed by atoms with E-state index in [-0.39, 0.29) is 0 Å². The number of hydrogen-bond acceptors (Lipinski definition) is 3. The highest BCUT2D eigenvalue weighted by atomic mass is 31.2. The average Bonchev–Trinajstić information content (AvgIpc) is 2.90. The predicted molar refractivity (Wildman–Crippen MR) is 85.0 cm³/mol. The maximum Gasteiger partial charge on any atom is 0.530 e. The molecule has 0 saturated carbocycles. The lowest BCUT2D eigenvalue weighted by Gasteiger charge is -2.09. The first-order valence-corrected chi connectivity index (χ1v) is 8.38. The van der Waals surface area contributed by atoms with Gasteiger partial charge in [0.2, 0.25) is 0 Å². The quantitative estimate of drug-likeness (QED) is 0.691. The number of aryl methyl sites for hydroxylation is 2. The summed E-state index contributed by atoms with van der Waals surface area (Å²) in [6, 6.07) is 13.9. The van der Waals surface area contributed by atoms with Gasteiger partial charge in [0.05, 0.1) is 0 Å². The molecule has 0 aromatic heterocycles. The highest BCUT2D eigenvalue weighted by molar-refractivity contribution is 7.43. The fourth-order valence-corrected chi connectivity index (χ4v) is 3.26. The van der Waals surface area contributed by atoms with E-state index in [2.05, 4.69) is 13.0 Å². The van der Waals surface area contributed by atoms with Gasteiger partial charge in [0.25, 0.3) is 0 Å². The van der Waals surface area contributed by atoms with Crippen molar-refractivity contribution in [2.24, 2.45) is 0 Å². The Balaban J connectivity index is 1.70. The van der Waals surface area contributed by atoms with Gasteiger partial charge in [-0.05, 0) is 43.5 Å². The van der Waals surface area contributed by atoms with Crippen molar-refractivity contribution in [3.63, 3.8) is 0 Å². The fourth-order valence-electron chi connectivity index (χ4n) is 2.20. The maximum absolute atomic E-state index is 5.89. The van der Waals surface area contributed by atoms with Crippen LogP contribution < -0.4 is 13.6 Å². The van der Waals surface area contributed by atoms with Crippen molar-refractivity contribution in [3.05, 3.63) is 53.6 Å². The number of benzene rings is 2. The van der Waals surface area contributed by atoms with E-state index in [9.17, 15) is 0 Å². The minimum atomic E-state index is -1.39. The summed E-state index contributed by atoms with van der Waals surface area (Å²) in [5, 5.41) is 0. The second-order valence-corrected chi connectivity index (χ2v) is 6.15. The van der Waals surface area contributed by atoms with Crippen LogP contribution in [0.25, 0.3) is 0 Å². The van der Waals surface area contributed by atoms with Crippen molar-refractivity contribution in [1.29, 1.82) is 0 Å². The van der Waals surface area contributed by atoms with Crippen LogP contribution in [0.3, 0.4) is 0 Å². The summed E-state index contributed by atoms with van der Waals surface area (Å²) in [5.74, 6) is 2.42. The molecule has 0 aliphatic carbocycles. The molecule has 4 heteroatoms. The van der Waals surface area contributed by atoms with Gasteiger partial charge < -0.3 is 13.6 Å². The molecular formula is C17H19O3P. The molecule has 110 valence electrons. The molecule has 1 atom stereocenters. The molecule has 0 spiro atoms. The number of rotatable bonds is 5. The van der Waals surface area contributed by atoms with Crippen LogP contribution in [-0.2, 0) is 6.42 Å². The Morgan fingerprint density at radius 2 is 1.86 bits per heavy atom. The van der Waals surface area contributed by atoms with E-state index < -0.39 is 8.60 Å². The summed E-state index contributed by atoms with van der Waals surface area (Å²) < 4.78 is 17.5. The Labute approximate surface area is 126 Å². The minimum absolute atomic E-state index is 0.773. The summed E-state index contributed by atoms with van der Waals surface area (Å²) in [4.78, 5) is 0. The van der Waals surface area contributed by atoms with E-state index in [0.29, 0.717) is 0 Å². The van der Waals surface area contributed by atoms with Gasteiger partial charge in [-0.3, -0.25) is 0 Å². The van der Waals surface area contributed by atoms with Crippen LogP contribution in [-0.4, -0.2) is 0 Å². The van der Waals surface area contributed by atoms with E-state index in [1.54, 1.807) is 0 Å². The first-order chi connectivity index (χ1) is 10.3. The van der Waals surface area contributed by atoms with Gasteiger partial charge in [0.15, 0.2) is 11.5 Å². The lowest BCUT2D eigenvalue weighted by Crippen LogP contribution is -1.95. The third-order valence-electron chi connectivity index (χ3n) is 3.40. The summed E-state index contributed by atoms with van der Waals surface area (Å²) in [6.07, 6.45) is 3.33. The van der Waals surface area contributed by atoms with Crippen molar-refractivity contribution in [2.75, 3.05) is 0 Å². The second-order valence-electron chi connectivity index (χ2n) is 5.16. The topological polar surface area (TPSA) is 27.7 Å². The molecule has 1 unspecified atom stereocenters. The molecule has 0 bridgehead atoms. The molecule has 2 aromatic carbocycles. The monoisotopic (exact) mass is 302 g/mol. The third kappa shape index (κ3) is 3.30. The number of para-hydroxylation sites is 1. The molecule has 0 amide bonds. The molecule has 2 aromatic rings. The zero-order valence-corrected chi connectivity index (χ0v) is 13.2. The predicted octanol–water partition coefficient (Wildman–Crippen LogP) is 5.41. The maximum atomic E-state index is 5.89. The van der Waals surface area contributed by atoms with Crippen LogP contribution in [0.4, 0.5) is 0 Å². The third-order valence-corrected chi connectivity index (χ3v) is 4.44. The van der Waals surface area contributed by atoms with E-state index in [0.717, 1.165) is 30.1 Å². The molecule has 3 rings (SSSR count). The molecule has 1 heterocycles. The molecular weight excluding hydrogens is 283 g/mol. The SMILES string of the molecule is CCCCc1cccc2c1OP(Oc1ccc(C)cc1)O2. The fraction of sp³-hybridized carbons (Fsp3) is 0.294. The zero-order valence-electron chi connectivity index (χ0n) is 12.3. The van der Waals surface area contributed by atoms with Crippen LogP contribution in [0.5, 0.6) is 17.2 Å². The van der Waals surface area contributed by atoms with E-state index >= 15 is 0 Å². The first-order valence-electron chi connectivity index (χ1n) is 7.29. The van der Waals surface area contributed by atoms with Crippen LogP contribution in [0.2, 0.25) is 0 Å². The second kappa shape index (κ2) is 6.36. The van der Waals surface area contributed by atoms with Crippen LogP contribution in [0.15, 0.2) is 42.5 Å².